The van der Waals surface area contributed by atoms with E-state index in [4.69, 9.17) is 27.3 Å². The van der Waals surface area contributed by atoms with Crippen LogP contribution in [0, 0.1) is 5.21 Å². The van der Waals surface area contributed by atoms with Crippen LogP contribution < -0.4 is 15.4 Å². The highest BCUT2D eigenvalue weighted by Crippen LogP contribution is 2.45. The number of hydrogen-bond donors (Lipinski definition) is 1. The molecule has 0 spiro atoms. The second-order valence-electron chi connectivity index (χ2n) is 8.10. The summed E-state index contributed by atoms with van der Waals surface area (Å²) in [6.07, 6.45) is 4.83. The molecule has 0 amide bonds. The van der Waals surface area contributed by atoms with Gasteiger partial charge in [0.25, 0.3) is 0 Å². The fourth-order valence-electron chi connectivity index (χ4n) is 4.47. The minimum atomic E-state index is 0.133. The molecule has 6 rings (SSSR count). The third-order valence-corrected chi connectivity index (χ3v) is 7.17. The predicted octanol–water partition coefficient (Wildman–Crippen LogP) is 3.57. The second kappa shape index (κ2) is 7.58. The molecule has 1 aliphatic carbocycles. The lowest BCUT2D eigenvalue weighted by Gasteiger charge is -2.21. The number of nitrogens with zero attached hydrogens (tertiary/aromatic N) is 5. The summed E-state index contributed by atoms with van der Waals surface area (Å²) >= 11 is 7.91. The van der Waals surface area contributed by atoms with Crippen LogP contribution in [0.1, 0.15) is 17.7 Å². The Labute approximate surface area is 193 Å². The number of anilines is 1. The SMILES string of the molecule is N[C@@H]1CCN(c2nc(Sc3cnc4ccc[n+]([O-])c4c3)nc3c2-c2cccc(Cl)c2C3)C1. The van der Waals surface area contributed by atoms with Gasteiger partial charge < -0.3 is 15.8 Å². The number of fused-ring (bicyclic) bond motifs is 4. The Balaban J connectivity index is 1.45. The summed E-state index contributed by atoms with van der Waals surface area (Å²) in [6, 6.07) is 11.4. The lowest BCUT2D eigenvalue weighted by molar-refractivity contribution is -0.577. The zero-order valence-electron chi connectivity index (χ0n) is 17.0. The van der Waals surface area contributed by atoms with E-state index in [-0.39, 0.29) is 6.04 Å². The van der Waals surface area contributed by atoms with E-state index >= 15 is 0 Å². The van der Waals surface area contributed by atoms with Gasteiger partial charge in [-0.05, 0) is 41.4 Å². The third-order valence-electron chi connectivity index (χ3n) is 6.00. The Bertz CT molecular complexity index is 1380. The van der Waals surface area contributed by atoms with E-state index in [0.29, 0.717) is 22.6 Å². The quantitative estimate of drug-likeness (QED) is 0.249. The smallest absolute Gasteiger partial charge is 0.243 e. The van der Waals surface area contributed by atoms with Crippen LogP contribution >= 0.6 is 23.4 Å². The molecule has 0 radical (unpaired) electrons. The van der Waals surface area contributed by atoms with Gasteiger partial charge in [0.1, 0.15) is 11.3 Å². The molecule has 1 aliphatic heterocycles. The Morgan fingerprint density at radius 2 is 2.12 bits per heavy atom. The summed E-state index contributed by atoms with van der Waals surface area (Å²) < 4.78 is 0.825. The van der Waals surface area contributed by atoms with Crippen LogP contribution in [0.3, 0.4) is 0 Å². The predicted molar refractivity (Wildman–Crippen MR) is 125 cm³/mol. The Morgan fingerprint density at radius 3 is 2.97 bits per heavy atom. The standard InChI is InChI=1S/C23H19ClN6OS/c24-17-4-1-3-15-16(17)10-19-21(15)22(29-8-6-13(25)12-29)28-23(27-19)32-14-9-20-18(26-11-14)5-2-7-30(20)31/h1-5,7,9,11,13H,6,8,10,12,25H2/t13-/m1/s1. The molecule has 1 atom stereocenters. The number of benzene rings is 1. The highest BCUT2D eigenvalue weighted by molar-refractivity contribution is 7.99. The van der Waals surface area contributed by atoms with Gasteiger partial charge in [-0.2, -0.15) is 4.73 Å². The largest absolute Gasteiger partial charge is 0.618 e. The average Bonchev–Trinajstić information content (AvgIpc) is 3.38. The van der Waals surface area contributed by atoms with Crippen molar-refractivity contribution >= 4 is 40.2 Å². The highest BCUT2D eigenvalue weighted by Gasteiger charge is 2.31. The number of nitrogens with two attached hydrogens (primary N) is 1. The number of pyridine rings is 2. The maximum Gasteiger partial charge on any atom is 0.243 e. The first-order chi connectivity index (χ1) is 15.6. The first-order valence-corrected chi connectivity index (χ1v) is 11.6. The van der Waals surface area contributed by atoms with Gasteiger partial charge in [0, 0.05) is 59.4 Å². The molecule has 2 N–H and O–H groups in total. The van der Waals surface area contributed by atoms with Gasteiger partial charge in [0.2, 0.25) is 5.52 Å². The highest BCUT2D eigenvalue weighted by atomic mass is 35.5. The maximum atomic E-state index is 12.2. The van der Waals surface area contributed by atoms with Gasteiger partial charge in [-0.25, -0.2) is 15.0 Å². The lowest BCUT2D eigenvalue weighted by Crippen LogP contribution is -2.27. The molecule has 0 saturated carbocycles. The van der Waals surface area contributed by atoms with Crippen LogP contribution in [0.15, 0.2) is 58.8 Å². The number of hydrogen-bond acceptors (Lipinski definition) is 7. The fraction of sp³-hybridized carbons (Fsp3) is 0.217. The third kappa shape index (κ3) is 3.26. The van der Waals surface area contributed by atoms with Crippen LogP contribution in [0.25, 0.3) is 22.2 Å². The molecule has 4 heterocycles. The van der Waals surface area contributed by atoms with Crippen LogP contribution in [-0.4, -0.2) is 34.1 Å². The molecule has 1 aromatic carbocycles. The first-order valence-electron chi connectivity index (χ1n) is 10.4. The van der Waals surface area contributed by atoms with E-state index in [1.807, 2.05) is 24.3 Å². The normalized spacial score (nSPS) is 17.1. The van der Waals surface area contributed by atoms with Crippen LogP contribution in [-0.2, 0) is 6.42 Å². The Hall–Kier alpha value is -2.94. The van der Waals surface area contributed by atoms with Crippen molar-refractivity contribution in [1.29, 1.82) is 0 Å². The van der Waals surface area contributed by atoms with Crippen LogP contribution in [0.2, 0.25) is 5.02 Å². The molecule has 0 bridgehead atoms. The van der Waals surface area contributed by atoms with Gasteiger partial charge >= 0.3 is 0 Å². The summed E-state index contributed by atoms with van der Waals surface area (Å²) in [5.41, 5.74) is 11.6. The summed E-state index contributed by atoms with van der Waals surface area (Å²) in [6.45, 7) is 1.62. The van der Waals surface area contributed by atoms with Crippen molar-refractivity contribution in [2.75, 3.05) is 18.0 Å². The van der Waals surface area contributed by atoms with E-state index in [2.05, 4.69) is 16.0 Å². The number of halogens is 1. The van der Waals surface area contributed by atoms with E-state index in [1.165, 1.54) is 18.0 Å². The summed E-state index contributed by atoms with van der Waals surface area (Å²) in [5.74, 6) is 0.902. The molecule has 9 heteroatoms. The molecule has 2 aliphatic rings. The minimum absolute atomic E-state index is 0.133. The first kappa shape index (κ1) is 19.7. The van der Waals surface area contributed by atoms with Crippen molar-refractivity contribution in [2.24, 2.45) is 5.73 Å². The van der Waals surface area contributed by atoms with Gasteiger partial charge in [-0.3, -0.25) is 0 Å². The summed E-state index contributed by atoms with van der Waals surface area (Å²) in [7, 11) is 0. The van der Waals surface area contributed by atoms with Gasteiger partial charge in [0.05, 0.1) is 5.69 Å². The molecular formula is C23H19ClN6OS. The molecular weight excluding hydrogens is 444 g/mol. The second-order valence-corrected chi connectivity index (χ2v) is 9.55. The molecule has 160 valence electrons. The van der Waals surface area contributed by atoms with Gasteiger partial charge in [-0.15, -0.1) is 0 Å². The maximum absolute atomic E-state index is 12.2. The van der Waals surface area contributed by atoms with Crippen molar-refractivity contribution in [2.45, 2.75) is 28.9 Å². The average molecular weight is 463 g/mol. The molecule has 1 fully saturated rings. The van der Waals surface area contributed by atoms with Crippen LogP contribution in [0.5, 0.6) is 0 Å². The molecule has 3 aromatic heterocycles. The number of aromatic nitrogens is 4. The van der Waals surface area contributed by atoms with Gasteiger partial charge in [0.15, 0.2) is 11.4 Å². The molecule has 4 aromatic rings. The van der Waals surface area contributed by atoms with Crippen molar-refractivity contribution in [3.63, 3.8) is 0 Å². The zero-order valence-corrected chi connectivity index (χ0v) is 18.6. The molecule has 0 unspecified atom stereocenters. The molecule has 7 nitrogen and oxygen atoms in total. The van der Waals surface area contributed by atoms with Crippen molar-refractivity contribution in [3.05, 3.63) is 70.3 Å². The zero-order chi connectivity index (χ0) is 21.8. The summed E-state index contributed by atoms with van der Waals surface area (Å²) in [4.78, 5) is 17.3. The number of rotatable bonds is 3. The minimum Gasteiger partial charge on any atom is -0.618 e. The molecule has 32 heavy (non-hydrogen) atoms. The van der Waals surface area contributed by atoms with Gasteiger partial charge in [-0.1, -0.05) is 23.7 Å². The van der Waals surface area contributed by atoms with E-state index in [9.17, 15) is 5.21 Å². The van der Waals surface area contributed by atoms with E-state index in [0.717, 1.165) is 62.4 Å². The topological polar surface area (TPSA) is 94.9 Å². The summed E-state index contributed by atoms with van der Waals surface area (Å²) in [5, 5.41) is 13.5. The Morgan fingerprint density at radius 1 is 1.22 bits per heavy atom. The monoisotopic (exact) mass is 462 g/mol. The van der Waals surface area contributed by atoms with E-state index in [1.54, 1.807) is 12.3 Å². The van der Waals surface area contributed by atoms with Crippen molar-refractivity contribution < 1.29 is 4.73 Å². The fourth-order valence-corrected chi connectivity index (χ4v) is 5.49. The van der Waals surface area contributed by atoms with Crippen molar-refractivity contribution in [1.82, 2.24) is 15.0 Å². The van der Waals surface area contributed by atoms with Crippen LogP contribution in [0.4, 0.5) is 5.82 Å². The van der Waals surface area contributed by atoms with E-state index < -0.39 is 0 Å². The molecule has 1 saturated heterocycles. The Kier molecular flexibility index (Phi) is 4.67. The van der Waals surface area contributed by atoms with Crippen molar-refractivity contribution in [3.8, 4) is 11.1 Å². The lowest BCUT2D eigenvalue weighted by atomic mass is 10.1.